The average molecular weight is 189 g/mol. The van der Waals surface area contributed by atoms with E-state index >= 15 is 0 Å². The van der Waals surface area contributed by atoms with Crippen molar-refractivity contribution in [3.8, 4) is 10.6 Å². The summed E-state index contributed by atoms with van der Waals surface area (Å²) in [6.07, 6.45) is 2.80. The van der Waals surface area contributed by atoms with E-state index < -0.39 is 0 Å². The molecule has 0 spiro atoms. The van der Waals surface area contributed by atoms with E-state index in [2.05, 4.69) is 11.2 Å². The summed E-state index contributed by atoms with van der Waals surface area (Å²) in [6.45, 7) is 0.588. The number of nitrogens with two attached hydrogens (primary N) is 1. The zero-order chi connectivity index (χ0) is 9.10. The van der Waals surface area contributed by atoms with Crippen molar-refractivity contribution in [2.45, 2.75) is 6.54 Å². The zero-order valence-electron chi connectivity index (χ0n) is 7.03. The van der Waals surface area contributed by atoms with Gasteiger partial charge in [0, 0.05) is 17.5 Å². The Hall–Kier alpha value is -1.19. The minimum absolute atomic E-state index is 0.588. The standard InChI is InChI=1S/C10H9N2S/c11-7-8-1-3-9(4-2-8)10-12-5-6-13-10/h1-4,6H,7,11H2. The summed E-state index contributed by atoms with van der Waals surface area (Å²) in [5.41, 5.74) is 7.77. The van der Waals surface area contributed by atoms with Gasteiger partial charge in [-0.05, 0) is 5.56 Å². The van der Waals surface area contributed by atoms with E-state index in [1.807, 2.05) is 29.6 Å². The van der Waals surface area contributed by atoms with E-state index in [-0.39, 0.29) is 0 Å². The second-order valence-electron chi connectivity index (χ2n) is 2.68. The molecule has 2 rings (SSSR count). The van der Waals surface area contributed by atoms with Crippen molar-refractivity contribution < 1.29 is 0 Å². The minimum Gasteiger partial charge on any atom is -0.326 e. The average Bonchev–Trinajstić information content (AvgIpc) is 2.71. The van der Waals surface area contributed by atoms with Gasteiger partial charge in [0.2, 0.25) is 0 Å². The van der Waals surface area contributed by atoms with Crippen LogP contribution in [0, 0.1) is 6.20 Å². The molecule has 3 heteroatoms. The molecule has 0 unspecified atom stereocenters. The molecule has 0 atom stereocenters. The summed E-state index contributed by atoms with van der Waals surface area (Å²) >= 11 is 1.59. The van der Waals surface area contributed by atoms with Crippen molar-refractivity contribution in [3.63, 3.8) is 0 Å². The molecule has 1 radical (unpaired) electrons. The molecule has 0 aliphatic heterocycles. The Morgan fingerprint density at radius 3 is 2.62 bits per heavy atom. The number of hydrogen-bond acceptors (Lipinski definition) is 3. The molecular formula is C10H9N2S. The van der Waals surface area contributed by atoms with Crippen LogP contribution in [-0.2, 0) is 6.54 Å². The van der Waals surface area contributed by atoms with Gasteiger partial charge in [-0.2, -0.15) is 0 Å². The summed E-state index contributed by atoms with van der Waals surface area (Å²) in [5.74, 6) is 0. The van der Waals surface area contributed by atoms with E-state index in [0.717, 1.165) is 16.1 Å². The van der Waals surface area contributed by atoms with Gasteiger partial charge in [0.15, 0.2) is 0 Å². The molecule has 0 amide bonds. The Balaban J connectivity index is 2.33. The number of rotatable bonds is 2. The van der Waals surface area contributed by atoms with Crippen molar-refractivity contribution >= 4 is 11.3 Å². The van der Waals surface area contributed by atoms with Gasteiger partial charge in [-0.1, -0.05) is 24.3 Å². The van der Waals surface area contributed by atoms with Gasteiger partial charge in [-0.25, -0.2) is 4.98 Å². The van der Waals surface area contributed by atoms with Crippen LogP contribution in [0.2, 0.25) is 0 Å². The second kappa shape index (κ2) is 3.68. The first-order valence-corrected chi connectivity index (χ1v) is 4.89. The molecule has 1 aromatic heterocycles. The Labute approximate surface area is 81.1 Å². The van der Waals surface area contributed by atoms with Crippen molar-refractivity contribution in [2.75, 3.05) is 0 Å². The van der Waals surface area contributed by atoms with Gasteiger partial charge in [-0.3, -0.25) is 0 Å². The van der Waals surface area contributed by atoms with E-state index in [1.54, 1.807) is 11.3 Å². The highest BCUT2D eigenvalue weighted by atomic mass is 32.1. The third kappa shape index (κ3) is 1.76. The lowest BCUT2D eigenvalue weighted by molar-refractivity contribution is 1.07. The molecule has 0 bridgehead atoms. The lowest BCUT2D eigenvalue weighted by Crippen LogP contribution is -1.94. The predicted octanol–water partition coefficient (Wildman–Crippen LogP) is 2.07. The van der Waals surface area contributed by atoms with Crippen molar-refractivity contribution in [2.24, 2.45) is 5.73 Å². The molecule has 2 aromatic rings. The summed E-state index contributed by atoms with van der Waals surface area (Å²) < 4.78 is 0. The largest absolute Gasteiger partial charge is 0.326 e. The first-order chi connectivity index (χ1) is 6.40. The van der Waals surface area contributed by atoms with Gasteiger partial charge in [0.1, 0.15) is 11.2 Å². The van der Waals surface area contributed by atoms with Crippen molar-refractivity contribution in [1.29, 1.82) is 0 Å². The molecule has 2 N–H and O–H groups in total. The molecule has 2 nitrogen and oxygen atoms in total. The molecule has 0 fully saturated rings. The maximum absolute atomic E-state index is 5.50. The van der Waals surface area contributed by atoms with E-state index in [0.29, 0.717) is 6.54 Å². The zero-order valence-corrected chi connectivity index (χ0v) is 7.84. The van der Waals surface area contributed by atoms with Crippen LogP contribution in [0.15, 0.2) is 29.6 Å². The Kier molecular flexibility index (Phi) is 2.38. The van der Waals surface area contributed by atoms with Crippen LogP contribution >= 0.6 is 11.3 Å². The van der Waals surface area contributed by atoms with Gasteiger partial charge in [0.25, 0.3) is 0 Å². The molecule has 0 saturated heterocycles. The van der Waals surface area contributed by atoms with Crippen molar-refractivity contribution in [3.05, 3.63) is 41.4 Å². The first-order valence-electron chi connectivity index (χ1n) is 4.01. The molecule has 13 heavy (non-hydrogen) atoms. The van der Waals surface area contributed by atoms with Gasteiger partial charge in [-0.15, -0.1) is 11.3 Å². The molecule has 0 saturated carbocycles. The number of benzene rings is 1. The molecule has 0 aliphatic rings. The minimum atomic E-state index is 0.588. The number of thiazole rings is 1. The van der Waals surface area contributed by atoms with E-state index in [9.17, 15) is 0 Å². The number of aromatic nitrogens is 1. The van der Waals surface area contributed by atoms with Crippen LogP contribution in [0.25, 0.3) is 10.6 Å². The number of nitrogens with zero attached hydrogens (tertiary/aromatic N) is 1. The molecule has 1 heterocycles. The van der Waals surface area contributed by atoms with Crippen LogP contribution in [0.3, 0.4) is 0 Å². The Morgan fingerprint density at radius 2 is 2.08 bits per heavy atom. The molecular weight excluding hydrogens is 180 g/mol. The van der Waals surface area contributed by atoms with Gasteiger partial charge >= 0.3 is 0 Å². The SMILES string of the molecule is NCc1ccc(-c2n[c]cs2)cc1. The van der Waals surface area contributed by atoms with E-state index in [4.69, 9.17) is 5.73 Å². The fourth-order valence-electron chi connectivity index (χ4n) is 1.11. The number of hydrogen-bond donors (Lipinski definition) is 1. The summed E-state index contributed by atoms with van der Waals surface area (Å²) in [6, 6.07) is 8.12. The topological polar surface area (TPSA) is 38.9 Å². The summed E-state index contributed by atoms with van der Waals surface area (Å²) in [7, 11) is 0. The lowest BCUT2D eigenvalue weighted by atomic mass is 10.1. The Morgan fingerprint density at radius 1 is 1.31 bits per heavy atom. The van der Waals surface area contributed by atoms with Crippen LogP contribution in [-0.4, -0.2) is 4.98 Å². The summed E-state index contributed by atoms with van der Waals surface area (Å²) in [5, 5.41) is 2.86. The third-order valence-electron chi connectivity index (χ3n) is 1.83. The van der Waals surface area contributed by atoms with Crippen LogP contribution in [0.4, 0.5) is 0 Å². The van der Waals surface area contributed by atoms with Crippen LogP contribution in [0.1, 0.15) is 5.56 Å². The molecule has 1 aromatic carbocycles. The molecule has 0 aliphatic carbocycles. The summed E-state index contributed by atoms with van der Waals surface area (Å²) in [4.78, 5) is 4.10. The highest BCUT2D eigenvalue weighted by Crippen LogP contribution is 2.21. The normalized spacial score (nSPS) is 10.2. The monoisotopic (exact) mass is 189 g/mol. The predicted molar refractivity (Wildman–Crippen MR) is 54.3 cm³/mol. The van der Waals surface area contributed by atoms with Crippen molar-refractivity contribution in [1.82, 2.24) is 4.98 Å². The van der Waals surface area contributed by atoms with E-state index in [1.165, 1.54) is 0 Å². The van der Waals surface area contributed by atoms with Crippen LogP contribution < -0.4 is 5.73 Å². The lowest BCUT2D eigenvalue weighted by Gasteiger charge is -1.98. The molecule has 65 valence electrons. The third-order valence-corrected chi connectivity index (χ3v) is 2.60. The first kappa shape index (κ1) is 8.41. The second-order valence-corrected chi connectivity index (χ2v) is 3.54. The highest BCUT2D eigenvalue weighted by molar-refractivity contribution is 7.13. The van der Waals surface area contributed by atoms with Gasteiger partial charge < -0.3 is 5.73 Å². The fourth-order valence-corrected chi connectivity index (χ4v) is 1.70. The van der Waals surface area contributed by atoms with Gasteiger partial charge in [0.05, 0.1) is 0 Å². The maximum atomic E-state index is 5.50. The highest BCUT2D eigenvalue weighted by Gasteiger charge is 1.98. The van der Waals surface area contributed by atoms with Crippen LogP contribution in [0.5, 0.6) is 0 Å². The Bertz CT molecular complexity index is 364. The maximum Gasteiger partial charge on any atom is 0.124 e. The fraction of sp³-hybridized carbons (Fsp3) is 0.100. The quantitative estimate of drug-likeness (QED) is 0.785. The smallest absolute Gasteiger partial charge is 0.124 e.